The van der Waals surface area contributed by atoms with Crippen LogP contribution < -0.4 is 10.6 Å². The molecule has 2 heterocycles. The van der Waals surface area contributed by atoms with Crippen molar-refractivity contribution in [2.75, 3.05) is 31.7 Å². The van der Waals surface area contributed by atoms with Crippen molar-refractivity contribution in [1.82, 2.24) is 4.98 Å². The molecule has 2 N–H and O–H groups in total. The van der Waals surface area contributed by atoms with Crippen molar-refractivity contribution < 1.29 is 18.7 Å². The van der Waals surface area contributed by atoms with Crippen LogP contribution in [0, 0.1) is 0 Å². The molecule has 0 aromatic carbocycles. The van der Waals surface area contributed by atoms with Crippen LogP contribution in [0.4, 0.5) is 6.01 Å². The van der Waals surface area contributed by atoms with Gasteiger partial charge in [0.25, 0.3) is 6.01 Å². The first-order chi connectivity index (χ1) is 9.69. The Hall–Kier alpha value is -1.60. The third-order valence-corrected chi connectivity index (χ3v) is 3.50. The molecule has 2 unspecified atom stereocenters. The van der Waals surface area contributed by atoms with E-state index in [-0.39, 0.29) is 17.8 Å². The first-order valence-electron chi connectivity index (χ1n) is 6.81. The molecular weight excluding hydrogens is 262 g/mol. The van der Waals surface area contributed by atoms with Gasteiger partial charge in [-0.25, -0.2) is 4.79 Å². The van der Waals surface area contributed by atoms with Crippen molar-refractivity contribution in [2.24, 2.45) is 5.73 Å². The van der Waals surface area contributed by atoms with E-state index in [4.69, 9.17) is 19.6 Å². The Labute approximate surface area is 118 Å². The second-order valence-corrected chi connectivity index (χ2v) is 4.70. The minimum absolute atomic E-state index is 0.0994. The van der Waals surface area contributed by atoms with Gasteiger partial charge in [-0.2, -0.15) is 4.98 Å². The Morgan fingerprint density at radius 3 is 3.10 bits per heavy atom. The van der Waals surface area contributed by atoms with Gasteiger partial charge in [0.1, 0.15) is 6.26 Å². The van der Waals surface area contributed by atoms with Crippen LogP contribution in [-0.2, 0) is 9.47 Å². The van der Waals surface area contributed by atoms with Crippen LogP contribution in [-0.4, -0.2) is 49.9 Å². The molecule has 0 amide bonds. The first-order valence-corrected chi connectivity index (χ1v) is 6.81. The number of carbonyl (C=O) groups is 1. The molecule has 0 radical (unpaired) electrons. The second kappa shape index (κ2) is 6.71. The summed E-state index contributed by atoms with van der Waals surface area (Å²) in [5, 5.41) is 0. The maximum atomic E-state index is 11.6. The minimum atomic E-state index is -0.474. The molecule has 0 spiro atoms. The van der Waals surface area contributed by atoms with E-state index >= 15 is 0 Å². The van der Waals surface area contributed by atoms with Crippen molar-refractivity contribution in [2.45, 2.75) is 31.9 Å². The number of hydrogen-bond donors (Lipinski definition) is 1. The van der Waals surface area contributed by atoms with Gasteiger partial charge in [-0.15, -0.1) is 0 Å². The van der Waals surface area contributed by atoms with Gasteiger partial charge < -0.3 is 24.5 Å². The second-order valence-electron chi connectivity index (χ2n) is 4.70. The predicted molar refractivity (Wildman–Crippen MR) is 72.7 cm³/mol. The van der Waals surface area contributed by atoms with Crippen molar-refractivity contribution in [3.63, 3.8) is 0 Å². The summed E-state index contributed by atoms with van der Waals surface area (Å²) in [6.07, 6.45) is 3.23. The first kappa shape index (κ1) is 14.8. The summed E-state index contributed by atoms with van der Waals surface area (Å²) in [5.41, 5.74) is 5.99. The number of anilines is 1. The number of nitrogens with two attached hydrogens (primary N) is 1. The molecule has 0 saturated carbocycles. The van der Waals surface area contributed by atoms with Crippen LogP contribution in [0.5, 0.6) is 0 Å². The number of ether oxygens (including phenoxy) is 2. The Kier molecular flexibility index (Phi) is 4.97. The normalized spacial score (nSPS) is 22.9. The summed E-state index contributed by atoms with van der Waals surface area (Å²) < 4.78 is 15.7. The highest BCUT2D eigenvalue weighted by Crippen LogP contribution is 2.25. The highest BCUT2D eigenvalue weighted by atomic mass is 16.5. The number of piperidine rings is 1. The Balaban J connectivity index is 2.08. The zero-order chi connectivity index (χ0) is 14.5. The number of nitrogens with zero attached hydrogens (tertiary/aromatic N) is 2. The molecule has 1 saturated heterocycles. The fourth-order valence-electron chi connectivity index (χ4n) is 2.40. The molecule has 1 aromatic heterocycles. The van der Waals surface area contributed by atoms with Gasteiger partial charge in [0.2, 0.25) is 0 Å². The molecule has 7 heteroatoms. The van der Waals surface area contributed by atoms with Gasteiger partial charge in [0.05, 0.1) is 12.7 Å². The summed E-state index contributed by atoms with van der Waals surface area (Å²) in [5.74, 6) is -0.474. The van der Waals surface area contributed by atoms with Crippen molar-refractivity contribution >= 4 is 12.0 Å². The Morgan fingerprint density at radius 2 is 2.45 bits per heavy atom. The molecule has 2 atom stereocenters. The van der Waals surface area contributed by atoms with Crippen LogP contribution in [0.3, 0.4) is 0 Å². The average molecular weight is 283 g/mol. The van der Waals surface area contributed by atoms with E-state index in [0.29, 0.717) is 19.2 Å². The Bertz CT molecular complexity index is 449. The third kappa shape index (κ3) is 3.10. The molecule has 0 aliphatic carbocycles. The summed E-state index contributed by atoms with van der Waals surface area (Å²) in [6, 6.07) is 0.514. The molecule has 7 nitrogen and oxygen atoms in total. The third-order valence-electron chi connectivity index (χ3n) is 3.50. The van der Waals surface area contributed by atoms with Gasteiger partial charge in [-0.05, 0) is 19.8 Å². The number of esters is 1. The SMILES string of the molecule is CCOC(=O)c1coc(N2CCC(OC)CC2CN)n1. The molecule has 2 rings (SSSR count). The molecular formula is C13H21N3O4. The number of rotatable bonds is 5. The van der Waals surface area contributed by atoms with E-state index in [0.717, 1.165) is 19.4 Å². The van der Waals surface area contributed by atoms with Crippen molar-refractivity contribution in [3.8, 4) is 0 Å². The van der Waals surface area contributed by atoms with Crippen molar-refractivity contribution in [3.05, 3.63) is 12.0 Å². The minimum Gasteiger partial charge on any atom is -0.461 e. The fourth-order valence-corrected chi connectivity index (χ4v) is 2.40. The molecule has 1 aliphatic rings. The van der Waals surface area contributed by atoms with Crippen LogP contribution in [0.1, 0.15) is 30.3 Å². The standard InChI is InChI=1S/C13H21N3O4/c1-3-19-12(17)11-8-20-13(15-11)16-5-4-10(18-2)6-9(16)7-14/h8-10H,3-7,14H2,1-2H3. The van der Waals surface area contributed by atoms with Crippen molar-refractivity contribution in [1.29, 1.82) is 0 Å². The maximum Gasteiger partial charge on any atom is 0.360 e. The lowest BCUT2D eigenvalue weighted by molar-refractivity contribution is 0.0519. The van der Waals surface area contributed by atoms with Gasteiger partial charge in [-0.1, -0.05) is 0 Å². The quantitative estimate of drug-likeness (QED) is 0.799. The summed E-state index contributed by atoms with van der Waals surface area (Å²) in [7, 11) is 1.71. The fraction of sp³-hybridized carbons (Fsp3) is 0.692. The van der Waals surface area contributed by atoms with E-state index in [2.05, 4.69) is 4.98 Å². The monoisotopic (exact) mass is 283 g/mol. The lowest BCUT2D eigenvalue weighted by atomic mass is 10.00. The smallest absolute Gasteiger partial charge is 0.360 e. The topological polar surface area (TPSA) is 90.8 Å². The zero-order valence-corrected chi connectivity index (χ0v) is 11.9. The van der Waals surface area contributed by atoms with Crippen LogP contribution in [0.25, 0.3) is 0 Å². The number of hydrogen-bond acceptors (Lipinski definition) is 7. The number of carbonyl (C=O) groups excluding carboxylic acids is 1. The summed E-state index contributed by atoms with van der Waals surface area (Å²) in [4.78, 5) is 17.8. The van der Waals surface area contributed by atoms with Crippen LogP contribution in [0.15, 0.2) is 10.7 Å². The van der Waals surface area contributed by atoms with E-state index in [9.17, 15) is 4.79 Å². The highest BCUT2D eigenvalue weighted by molar-refractivity contribution is 5.87. The van der Waals surface area contributed by atoms with E-state index < -0.39 is 5.97 Å². The van der Waals surface area contributed by atoms with E-state index in [1.165, 1.54) is 6.26 Å². The van der Waals surface area contributed by atoms with Gasteiger partial charge >= 0.3 is 5.97 Å². The number of methoxy groups -OCH3 is 1. The average Bonchev–Trinajstić information content (AvgIpc) is 2.96. The van der Waals surface area contributed by atoms with E-state index in [1.807, 2.05) is 4.90 Å². The van der Waals surface area contributed by atoms with Gasteiger partial charge in [0.15, 0.2) is 5.69 Å². The maximum absolute atomic E-state index is 11.6. The van der Waals surface area contributed by atoms with Crippen LogP contribution >= 0.6 is 0 Å². The molecule has 112 valence electrons. The zero-order valence-electron chi connectivity index (χ0n) is 11.9. The predicted octanol–water partition coefficient (Wildman–Crippen LogP) is 0.794. The lowest BCUT2D eigenvalue weighted by Crippen LogP contribution is -2.48. The van der Waals surface area contributed by atoms with Gasteiger partial charge in [-0.3, -0.25) is 0 Å². The number of aromatic nitrogens is 1. The number of oxazole rings is 1. The largest absolute Gasteiger partial charge is 0.461 e. The molecule has 1 aliphatic heterocycles. The van der Waals surface area contributed by atoms with Crippen LogP contribution in [0.2, 0.25) is 0 Å². The molecule has 1 aromatic rings. The Morgan fingerprint density at radius 1 is 1.65 bits per heavy atom. The van der Waals surface area contributed by atoms with E-state index in [1.54, 1.807) is 14.0 Å². The highest BCUT2D eigenvalue weighted by Gasteiger charge is 2.30. The summed E-state index contributed by atoms with van der Waals surface area (Å²) >= 11 is 0. The van der Waals surface area contributed by atoms with Gasteiger partial charge in [0, 0.05) is 26.2 Å². The molecule has 0 bridgehead atoms. The lowest BCUT2D eigenvalue weighted by Gasteiger charge is -2.37. The molecule has 1 fully saturated rings. The summed E-state index contributed by atoms with van der Waals surface area (Å²) in [6.45, 7) is 3.28. The molecule has 20 heavy (non-hydrogen) atoms.